The number of carbonyl (C=O) groups is 2. The lowest BCUT2D eigenvalue weighted by Gasteiger charge is -2.29. The van der Waals surface area contributed by atoms with E-state index in [1.807, 2.05) is 24.4 Å². The largest absolute Gasteiger partial charge is 0.478 e. The maximum Gasteiger partial charge on any atom is 0.335 e. The lowest BCUT2D eigenvalue weighted by Crippen LogP contribution is -2.36. The minimum Gasteiger partial charge on any atom is -0.478 e. The number of fused-ring (bicyclic) bond motifs is 1. The lowest BCUT2D eigenvalue weighted by molar-refractivity contribution is 0.0694. The van der Waals surface area contributed by atoms with Crippen LogP contribution in [-0.2, 0) is 13.0 Å². The standard InChI is InChI=1S/C16H15NO3S/c1-10-6-8-21-14(10)15(18)17-7-5-12-11(9-17)3-2-4-13(12)16(19)20/h2-4,6,8H,5,7,9H2,1H3,(H,19,20). The molecule has 2 aromatic rings. The Kier molecular flexibility index (Phi) is 3.51. The molecule has 0 atom stereocenters. The second-order valence-electron chi connectivity index (χ2n) is 5.16. The van der Waals surface area contributed by atoms with Gasteiger partial charge in [-0.15, -0.1) is 11.3 Å². The first-order chi connectivity index (χ1) is 10.1. The van der Waals surface area contributed by atoms with Crippen molar-refractivity contribution >= 4 is 23.2 Å². The van der Waals surface area contributed by atoms with E-state index in [0.717, 1.165) is 21.6 Å². The second kappa shape index (κ2) is 5.33. The summed E-state index contributed by atoms with van der Waals surface area (Å²) in [6, 6.07) is 7.22. The van der Waals surface area contributed by atoms with E-state index in [1.54, 1.807) is 17.0 Å². The van der Waals surface area contributed by atoms with E-state index in [0.29, 0.717) is 25.1 Å². The Balaban J connectivity index is 1.89. The number of thiophene rings is 1. The molecule has 21 heavy (non-hydrogen) atoms. The van der Waals surface area contributed by atoms with Crippen molar-refractivity contribution in [3.8, 4) is 0 Å². The molecule has 3 rings (SSSR count). The van der Waals surface area contributed by atoms with Crippen molar-refractivity contribution in [2.75, 3.05) is 6.54 Å². The molecule has 1 N–H and O–H groups in total. The molecular weight excluding hydrogens is 286 g/mol. The molecule has 1 aliphatic heterocycles. The molecular formula is C16H15NO3S. The van der Waals surface area contributed by atoms with E-state index in [2.05, 4.69) is 0 Å². The van der Waals surface area contributed by atoms with Crippen LogP contribution >= 0.6 is 11.3 Å². The molecule has 0 spiro atoms. The summed E-state index contributed by atoms with van der Waals surface area (Å²) in [4.78, 5) is 26.3. The Bertz CT molecular complexity index is 720. The topological polar surface area (TPSA) is 57.6 Å². The number of aryl methyl sites for hydroxylation is 1. The summed E-state index contributed by atoms with van der Waals surface area (Å²) in [5, 5.41) is 11.1. The lowest BCUT2D eigenvalue weighted by atomic mass is 9.94. The average molecular weight is 301 g/mol. The third-order valence-corrected chi connectivity index (χ3v) is 4.84. The summed E-state index contributed by atoms with van der Waals surface area (Å²) >= 11 is 1.46. The molecule has 0 unspecified atom stereocenters. The molecule has 1 aromatic carbocycles. The Morgan fingerprint density at radius 2 is 2.10 bits per heavy atom. The van der Waals surface area contributed by atoms with Crippen molar-refractivity contribution in [1.29, 1.82) is 0 Å². The van der Waals surface area contributed by atoms with Crippen molar-refractivity contribution < 1.29 is 14.7 Å². The molecule has 4 nitrogen and oxygen atoms in total. The van der Waals surface area contributed by atoms with Gasteiger partial charge in [-0.3, -0.25) is 4.79 Å². The van der Waals surface area contributed by atoms with Crippen LogP contribution in [0.5, 0.6) is 0 Å². The highest BCUT2D eigenvalue weighted by Crippen LogP contribution is 2.26. The van der Waals surface area contributed by atoms with Crippen LogP contribution in [-0.4, -0.2) is 28.4 Å². The number of hydrogen-bond donors (Lipinski definition) is 1. The highest BCUT2D eigenvalue weighted by molar-refractivity contribution is 7.12. The summed E-state index contributed by atoms with van der Waals surface area (Å²) in [5.74, 6) is -0.866. The van der Waals surface area contributed by atoms with Crippen LogP contribution in [0.4, 0.5) is 0 Å². The Hall–Kier alpha value is -2.14. The van der Waals surface area contributed by atoms with E-state index < -0.39 is 5.97 Å². The predicted molar refractivity (Wildman–Crippen MR) is 80.9 cm³/mol. The molecule has 0 saturated heterocycles. The van der Waals surface area contributed by atoms with E-state index in [4.69, 9.17) is 0 Å². The number of hydrogen-bond acceptors (Lipinski definition) is 3. The van der Waals surface area contributed by atoms with Gasteiger partial charge in [0.15, 0.2) is 0 Å². The number of carboxylic acids is 1. The monoisotopic (exact) mass is 301 g/mol. The van der Waals surface area contributed by atoms with Crippen LogP contribution in [0.2, 0.25) is 0 Å². The first kappa shape index (κ1) is 13.8. The molecule has 0 radical (unpaired) electrons. The van der Waals surface area contributed by atoms with Crippen LogP contribution in [0.3, 0.4) is 0 Å². The zero-order chi connectivity index (χ0) is 15.0. The average Bonchev–Trinajstić information content (AvgIpc) is 2.91. The van der Waals surface area contributed by atoms with Crippen molar-refractivity contribution in [3.63, 3.8) is 0 Å². The second-order valence-corrected chi connectivity index (χ2v) is 6.07. The number of aromatic carboxylic acids is 1. The van der Waals surface area contributed by atoms with E-state index >= 15 is 0 Å². The van der Waals surface area contributed by atoms with Gasteiger partial charge in [0, 0.05) is 13.1 Å². The maximum absolute atomic E-state index is 12.5. The van der Waals surface area contributed by atoms with Crippen molar-refractivity contribution in [3.05, 3.63) is 56.8 Å². The Morgan fingerprint density at radius 3 is 2.76 bits per heavy atom. The van der Waals surface area contributed by atoms with Gasteiger partial charge >= 0.3 is 5.97 Å². The highest BCUT2D eigenvalue weighted by Gasteiger charge is 2.26. The molecule has 1 aromatic heterocycles. The fraction of sp³-hybridized carbons (Fsp3) is 0.250. The SMILES string of the molecule is Cc1ccsc1C(=O)N1CCc2c(cccc2C(=O)O)C1. The number of carbonyl (C=O) groups excluding carboxylic acids is 1. The van der Waals surface area contributed by atoms with Gasteiger partial charge in [-0.25, -0.2) is 4.79 Å². The van der Waals surface area contributed by atoms with Gasteiger partial charge in [-0.05, 0) is 47.5 Å². The van der Waals surface area contributed by atoms with E-state index in [-0.39, 0.29) is 5.91 Å². The normalized spacial score (nSPS) is 13.9. The summed E-state index contributed by atoms with van der Waals surface area (Å²) < 4.78 is 0. The smallest absolute Gasteiger partial charge is 0.335 e. The van der Waals surface area contributed by atoms with Crippen LogP contribution in [0.15, 0.2) is 29.6 Å². The zero-order valence-electron chi connectivity index (χ0n) is 11.6. The minimum absolute atomic E-state index is 0.0360. The zero-order valence-corrected chi connectivity index (χ0v) is 12.4. The van der Waals surface area contributed by atoms with Gasteiger partial charge in [0.05, 0.1) is 10.4 Å². The van der Waals surface area contributed by atoms with Gasteiger partial charge < -0.3 is 10.0 Å². The molecule has 0 fully saturated rings. The molecule has 108 valence electrons. The summed E-state index contributed by atoms with van der Waals surface area (Å²) in [7, 11) is 0. The minimum atomic E-state index is -0.902. The summed E-state index contributed by atoms with van der Waals surface area (Å²) in [6.45, 7) is 2.98. The number of amides is 1. The number of benzene rings is 1. The van der Waals surface area contributed by atoms with Gasteiger partial charge in [0.1, 0.15) is 0 Å². The van der Waals surface area contributed by atoms with Gasteiger partial charge in [-0.1, -0.05) is 12.1 Å². The van der Waals surface area contributed by atoms with Gasteiger partial charge in [0.25, 0.3) is 5.91 Å². The van der Waals surface area contributed by atoms with Crippen molar-refractivity contribution in [2.45, 2.75) is 19.9 Å². The molecule has 0 aliphatic carbocycles. The van der Waals surface area contributed by atoms with Gasteiger partial charge in [-0.2, -0.15) is 0 Å². The van der Waals surface area contributed by atoms with E-state index in [9.17, 15) is 14.7 Å². The fourth-order valence-electron chi connectivity index (χ4n) is 2.72. The maximum atomic E-state index is 12.5. The molecule has 1 aliphatic rings. The predicted octanol–water partition coefficient (Wildman–Crippen LogP) is 2.95. The first-order valence-electron chi connectivity index (χ1n) is 6.75. The summed E-state index contributed by atoms with van der Waals surface area (Å²) in [5.41, 5.74) is 3.14. The van der Waals surface area contributed by atoms with Crippen LogP contribution in [0.1, 0.15) is 36.7 Å². The molecule has 0 bridgehead atoms. The third-order valence-electron chi connectivity index (χ3n) is 3.84. The fourth-order valence-corrected chi connectivity index (χ4v) is 3.61. The number of carboxylic acid groups (broad SMARTS) is 1. The molecule has 2 heterocycles. The quantitative estimate of drug-likeness (QED) is 0.928. The van der Waals surface area contributed by atoms with Crippen LogP contribution in [0.25, 0.3) is 0 Å². The van der Waals surface area contributed by atoms with Crippen LogP contribution < -0.4 is 0 Å². The first-order valence-corrected chi connectivity index (χ1v) is 7.63. The highest BCUT2D eigenvalue weighted by atomic mass is 32.1. The van der Waals surface area contributed by atoms with Crippen LogP contribution in [0, 0.1) is 6.92 Å². The van der Waals surface area contributed by atoms with Crippen molar-refractivity contribution in [1.82, 2.24) is 4.90 Å². The number of rotatable bonds is 2. The molecule has 5 heteroatoms. The van der Waals surface area contributed by atoms with Gasteiger partial charge in [0.2, 0.25) is 0 Å². The summed E-state index contributed by atoms with van der Waals surface area (Å²) in [6.07, 6.45) is 0.591. The number of nitrogens with zero attached hydrogens (tertiary/aromatic N) is 1. The van der Waals surface area contributed by atoms with Crippen molar-refractivity contribution in [2.24, 2.45) is 0 Å². The van der Waals surface area contributed by atoms with E-state index in [1.165, 1.54) is 11.3 Å². The third kappa shape index (κ3) is 2.45. The molecule has 0 saturated carbocycles. The molecule has 1 amide bonds. The Labute approximate surface area is 126 Å². The Morgan fingerprint density at radius 1 is 1.29 bits per heavy atom.